The molecular weight excluding hydrogens is 374 g/mol. The number of carbonyl (C=O) groups is 2. The molecule has 3 heterocycles. The van der Waals surface area contributed by atoms with Crippen LogP contribution in [0.15, 0.2) is 60.7 Å². The number of piperidine rings is 1. The minimum absolute atomic E-state index is 0.129. The summed E-state index contributed by atoms with van der Waals surface area (Å²) < 4.78 is 0. The zero-order valence-electron chi connectivity index (χ0n) is 17.3. The minimum Gasteiger partial charge on any atom is -0.351 e. The van der Waals surface area contributed by atoms with Crippen molar-refractivity contribution in [3.8, 4) is 0 Å². The number of nitrogens with one attached hydrogen (secondary N) is 1. The predicted molar refractivity (Wildman–Crippen MR) is 116 cm³/mol. The first kappa shape index (κ1) is 19.3. The average Bonchev–Trinajstić information content (AvgIpc) is 3.33. The Balaban J connectivity index is 1.34. The molecule has 156 valence electrons. The Kier molecular flexibility index (Phi) is 5.07. The summed E-state index contributed by atoms with van der Waals surface area (Å²) in [7, 11) is 0. The van der Waals surface area contributed by atoms with Crippen LogP contribution in [0.3, 0.4) is 0 Å². The average molecular weight is 404 g/mol. The van der Waals surface area contributed by atoms with Gasteiger partial charge in [-0.15, -0.1) is 0 Å². The van der Waals surface area contributed by atoms with Crippen molar-refractivity contribution in [2.24, 2.45) is 5.92 Å². The van der Waals surface area contributed by atoms with E-state index in [4.69, 9.17) is 0 Å². The van der Waals surface area contributed by atoms with Crippen LogP contribution in [0.5, 0.6) is 0 Å². The number of likely N-dealkylation sites (tertiary alicyclic amines) is 2. The van der Waals surface area contributed by atoms with Gasteiger partial charge in [-0.25, -0.2) is 0 Å². The van der Waals surface area contributed by atoms with Crippen LogP contribution in [0.25, 0.3) is 0 Å². The van der Waals surface area contributed by atoms with Gasteiger partial charge in [0, 0.05) is 32.0 Å². The van der Waals surface area contributed by atoms with Crippen molar-refractivity contribution in [2.75, 3.05) is 26.2 Å². The summed E-state index contributed by atoms with van der Waals surface area (Å²) in [5, 5.41) is 3.05. The topological polar surface area (TPSA) is 52.7 Å². The molecule has 3 aliphatic rings. The molecule has 0 aromatic heterocycles. The van der Waals surface area contributed by atoms with Gasteiger partial charge in [0.05, 0.1) is 11.5 Å². The van der Waals surface area contributed by atoms with Crippen molar-refractivity contribution in [3.63, 3.8) is 0 Å². The van der Waals surface area contributed by atoms with Gasteiger partial charge in [-0.2, -0.15) is 0 Å². The fraction of sp³-hybridized carbons (Fsp3) is 0.440. The standard InChI is InChI=1S/C25H29N3O2/c29-23-15-20-17-28(18-22(20)26-23)24(30)25(21-9-5-2-6-10-21)11-13-27(14-12-25)16-19-7-3-1-4-8-19/h1-10,20,22H,11-18H2,(H,26,29)/t20-,22+/m0/s1. The monoisotopic (exact) mass is 403 g/mol. The quantitative estimate of drug-likeness (QED) is 0.854. The lowest BCUT2D eigenvalue weighted by molar-refractivity contribution is -0.139. The van der Waals surface area contributed by atoms with E-state index in [2.05, 4.69) is 46.6 Å². The molecule has 0 aliphatic carbocycles. The summed E-state index contributed by atoms with van der Waals surface area (Å²) in [6, 6.07) is 21.0. The summed E-state index contributed by atoms with van der Waals surface area (Å²) in [5.74, 6) is 0.647. The van der Waals surface area contributed by atoms with Crippen LogP contribution in [-0.4, -0.2) is 53.8 Å². The molecule has 3 saturated heterocycles. The van der Waals surface area contributed by atoms with Gasteiger partial charge in [-0.1, -0.05) is 60.7 Å². The van der Waals surface area contributed by atoms with Crippen molar-refractivity contribution in [3.05, 3.63) is 71.8 Å². The normalized spacial score (nSPS) is 25.7. The van der Waals surface area contributed by atoms with Gasteiger partial charge in [0.25, 0.3) is 0 Å². The van der Waals surface area contributed by atoms with E-state index in [-0.39, 0.29) is 23.8 Å². The molecule has 0 saturated carbocycles. The lowest BCUT2D eigenvalue weighted by Gasteiger charge is -2.43. The molecular formula is C25H29N3O2. The number of carbonyl (C=O) groups excluding carboxylic acids is 2. The third-order valence-corrected chi connectivity index (χ3v) is 7.22. The van der Waals surface area contributed by atoms with Gasteiger partial charge < -0.3 is 10.2 Å². The summed E-state index contributed by atoms with van der Waals surface area (Å²) >= 11 is 0. The first-order valence-electron chi connectivity index (χ1n) is 11.0. The van der Waals surface area contributed by atoms with Gasteiger partial charge in [-0.05, 0) is 37.1 Å². The Hall–Kier alpha value is -2.66. The molecule has 1 N–H and O–H groups in total. The van der Waals surface area contributed by atoms with E-state index in [1.807, 2.05) is 29.2 Å². The molecule has 2 aromatic carbocycles. The van der Waals surface area contributed by atoms with E-state index in [0.717, 1.165) is 38.0 Å². The molecule has 5 heteroatoms. The highest BCUT2D eigenvalue weighted by Crippen LogP contribution is 2.39. The Morgan fingerprint density at radius 1 is 0.967 bits per heavy atom. The second-order valence-electron chi connectivity index (χ2n) is 9.06. The van der Waals surface area contributed by atoms with Crippen LogP contribution in [0, 0.1) is 5.92 Å². The van der Waals surface area contributed by atoms with Crippen molar-refractivity contribution >= 4 is 11.8 Å². The van der Waals surface area contributed by atoms with Crippen LogP contribution in [0.1, 0.15) is 30.4 Å². The van der Waals surface area contributed by atoms with Gasteiger partial charge >= 0.3 is 0 Å². The summed E-state index contributed by atoms with van der Waals surface area (Å²) in [6.45, 7) is 4.10. The first-order chi connectivity index (χ1) is 14.6. The fourth-order valence-corrected chi connectivity index (χ4v) is 5.53. The first-order valence-corrected chi connectivity index (χ1v) is 11.0. The summed E-state index contributed by atoms with van der Waals surface area (Å²) in [4.78, 5) is 30.1. The third-order valence-electron chi connectivity index (χ3n) is 7.22. The highest BCUT2D eigenvalue weighted by atomic mass is 16.2. The van der Waals surface area contributed by atoms with Gasteiger partial charge in [0.1, 0.15) is 0 Å². The molecule has 2 atom stereocenters. The van der Waals surface area contributed by atoms with E-state index in [0.29, 0.717) is 19.5 Å². The largest absolute Gasteiger partial charge is 0.351 e. The number of amides is 2. The number of nitrogens with zero attached hydrogens (tertiary/aromatic N) is 2. The maximum atomic E-state index is 13.9. The fourth-order valence-electron chi connectivity index (χ4n) is 5.53. The minimum atomic E-state index is -0.461. The number of fused-ring (bicyclic) bond motifs is 1. The van der Waals surface area contributed by atoms with Crippen molar-refractivity contribution < 1.29 is 9.59 Å². The molecule has 0 unspecified atom stereocenters. The van der Waals surface area contributed by atoms with Crippen molar-refractivity contribution in [2.45, 2.75) is 37.3 Å². The molecule has 0 bridgehead atoms. The van der Waals surface area contributed by atoms with E-state index < -0.39 is 5.41 Å². The van der Waals surface area contributed by atoms with E-state index in [9.17, 15) is 9.59 Å². The van der Waals surface area contributed by atoms with Gasteiger partial charge in [0.2, 0.25) is 11.8 Å². The lowest BCUT2D eigenvalue weighted by atomic mass is 9.71. The van der Waals surface area contributed by atoms with E-state index in [1.54, 1.807) is 0 Å². The van der Waals surface area contributed by atoms with Crippen LogP contribution >= 0.6 is 0 Å². The third kappa shape index (κ3) is 3.52. The molecule has 0 radical (unpaired) electrons. The maximum absolute atomic E-state index is 13.9. The molecule has 2 amide bonds. The van der Waals surface area contributed by atoms with Gasteiger partial charge in [-0.3, -0.25) is 14.5 Å². The predicted octanol–water partition coefficient (Wildman–Crippen LogP) is 2.57. The number of hydrogen-bond acceptors (Lipinski definition) is 3. The Bertz CT molecular complexity index is 891. The molecule has 30 heavy (non-hydrogen) atoms. The van der Waals surface area contributed by atoms with Crippen LogP contribution in [-0.2, 0) is 21.5 Å². The highest BCUT2D eigenvalue weighted by Gasteiger charge is 2.49. The molecule has 5 rings (SSSR count). The van der Waals surface area contributed by atoms with E-state index in [1.165, 1.54) is 5.56 Å². The zero-order chi connectivity index (χ0) is 20.6. The van der Waals surface area contributed by atoms with Crippen LogP contribution < -0.4 is 5.32 Å². The molecule has 3 aliphatic heterocycles. The summed E-state index contributed by atoms with van der Waals surface area (Å²) in [5.41, 5.74) is 1.99. The smallest absolute Gasteiger partial charge is 0.233 e. The second-order valence-corrected chi connectivity index (χ2v) is 9.06. The Morgan fingerprint density at radius 2 is 1.63 bits per heavy atom. The molecule has 3 fully saturated rings. The van der Waals surface area contributed by atoms with Crippen LogP contribution in [0.4, 0.5) is 0 Å². The number of hydrogen-bond donors (Lipinski definition) is 1. The second kappa shape index (κ2) is 7.88. The van der Waals surface area contributed by atoms with Crippen molar-refractivity contribution in [1.82, 2.24) is 15.1 Å². The van der Waals surface area contributed by atoms with E-state index >= 15 is 0 Å². The molecule has 0 spiro atoms. The zero-order valence-corrected chi connectivity index (χ0v) is 17.3. The Morgan fingerprint density at radius 3 is 2.30 bits per heavy atom. The van der Waals surface area contributed by atoms with Gasteiger partial charge in [0.15, 0.2) is 0 Å². The summed E-state index contributed by atoms with van der Waals surface area (Å²) in [6.07, 6.45) is 2.22. The van der Waals surface area contributed by atoms with Crippen LogP contribution in [0.2, 0.25) is 0 Å². The number of benzene rings is 2. The Labute approximate surface area is 178 Å². The lowest BCUT2D eigenvalue weighted by Crippen LogP contribution is -2.53. The molecule has 2 aromatic rings. The number of rotatable bonds is 4. The highest BCUT2D eigenvalue weighted by molar-refractivity contribution is 5.89. The maximum Gasteiger partial charge on any atom is 0.233 e. The van der Waals surface area contributed by atoms with Crippen molar-refractivity contribution in [1.29, 1.82) is 0 Å². The SMILES string of the molecule is O=C1C[C@H]2CN(C(=O)C3(c4ccccc4)CCN(Cc4ccccc4)CC3)C[C@H]2N1. The molecule has 5 nitrogen and oxygen atoms in total.